The first kappa shape index (κ1) is 28.1. The largest absolute Gasteiger partial charge is 0.372 e. The number of quaternary nitrogens is 1. The molecule has 1 aliphatic carbocycles. The third-order valence-electron chi connectivity index (χ3n) is 9.26. The zero-order valence-electron chi connectivity index (χ0n) is 24.9. The molecule has 0 spiro atoms. The van der Waals surface area contributed by atoms with E-state index in [1.54, 1.807) is 0 Å². The number of aryl methyl sites for hydroxylation is 1. The molecule has 1 heterocycles. The van der Waals surface area contributed by atoms with E-state index in [1.807, 2.05) is 0 Å². The molecule has 0 fully saturated rings. The van der Waals surface area contributed by atoms with Gasteiger partial charge in [-0.3, -0.25) is 0 Å². The van der Waals surface area contributed by atoms with Crippen molar-refractivity contribution in [3.05, 3.63) is 83.2 Å². The minimum absolute atomic E-state index is 0.000399. The molecule has 0 saturated carbocycles. The predicted molar refractivity (Wildman–Crippen MR) is 164 cm³/mol. The van der Waals surface area contributed by atoms with Crippen molar-refractivity contribution in [3.8, 4) is 11.1 Å². The third kappa shape index (κ3) is 5.59. The van der Waals surface area contributed by atoms with Crippen molar-refractivity contribution in [1.29, 1.82) is 0 Å². The van der Waals surface area contributed by atoms with Crippen LogP contribution in [0.5, 0.6) is 0 Å². The number of aromatic nitrogens is 1. The van der Waals surface area contributed by atoms with Crippen molar-refractivity contribution >= 4 is 17.8 Å². The molecule has 1 aromatic heterocycles. The maximum absolute atomic E-state index is 2.44. The van der Waals surface area contributed by atoms with Gasteiger partial charge in [0.1, 0.15) is 0 Å². The normalized spacial score (nSPS) is 14.1. The molecule has 38 heavy (non-hydrogen) atoms. The zero-order valence-corrected chi connectivity index (χ0v) is 24.9. The Morgan fingerprint density at radius 3 is 1.92 bits per heavy atom. The summed E-state index contributed by atoms with van der Waals surface area (Å²) in [5.74, 6) is 0. The first-order valence-electron chi connectivity index (χ1n) is 14.9. The smallest absolute Gasteiger partial charge is 0.169 e. The first-order chi connectivity index (χ1) is 18.3. The third-order valence-corrected chi connectivity index (χ3v) is 9.26. The van der Waals surface area contributed by atoms with Crippen LogP contribution in [0.15, 0.2) is 60.9 Å². The van der Waals surface area contributed by atoms with E-state index >= 15 is 0 Å². The molecule has 1 aliphatic rings. The zero-order chi connectivity index (χ0) is 27.3. The second-order valence-electron chi connectivity index (χ2n) is 11.4. The van der Waals surface area contributed by atoms with Crippen LogP contribution < -0.4 is 9.47 Å². The summed E-state index contributed by atoms with van der Waals surface area (Å²) in [6.45, 7) is 24.3. The standard InChI is InChI=1S/C35H49N3/c1-8-37(9-2)30-17-19-32-31-18-16-29(26-33(31)35(6,7)34(32)27-30)15-14-28-20-23-36(24-21-28)22-13-25-38(10-3,11-4)12-5/h14-21,23-24,26-27H,8-13,22,25H2,1-7H3/q+2. The Morgan fingerprint density at radius 1 is 0.737 bits per heavy atom. The monoisotopic (exact) mass is 511 g/mol. The topological polar surface area (TPSA) is 7.12 Å². The minimum atomic E-state index is -0.000399. The second-order valence-corrected chi connectivity index (χ2v) is 11.4. The van der Waals surface area contributed by atoms with Gasteiger partial charge in [0, 0.05) is 36.3 Å². The molecule has 2 aromatic carbocycles. The van der Waals surface area contributed by atoms with Crippen LogP contribution in [0.1, 0.15) is 77.1 Å². The summed E-state index contributed by atoms with van der Waals surface area (Å²) in [7, 11) is 0. The van der Waals surface area contributed by atoms with E-state index in [0.717, 1.165) is 19.6 Å². The minimum Gasteiger partial charge on any atom is -0.372 e. The summed E-state index contributed by atoms with van der Waals surface area (Å²) in [5, 5.41) is 0. The number of hydrogen-bond acceptors (Lipinski definition) is 1. The van der Waals surface area contributed by atoms with Gasteiger partial charge in [0.15, 0.2) is 18.9 Å². The summed E-state index contributed by atoms with van der Waals surface area (Å²) in [5.41, 5.74) is 9.47. The van der Waals surface area contributed by atoms with Gasteiger partial charge >= 0.3 is 0 Å². The molecule has 3 heteroatoms. The van der Waals surface area contributed by atoms with Crippen LogP contribution in [0.4, 0.5) is 5.69 Å². The van der Waals surface area contributed by atoms with Gasteiger partial charge in [0.2, 0.25) is 0 Å². The molecule has 0 atom stereocenters. The Balaban J connectivity index is 1.46. The predicted octanol–water partition coefficient (Wildman–Crippen LogP) is 7.56. The molecular formula is C35H49N3+2. The van der Waals surface area contributed by atoms with E-state index in [4.69, 9.17) is 0 Å². The highest BCUT2D eigenvalue weighted by Crippen LogP contribution is 2.50. The molecule has 4 rings (SSSR count). The summed E-state index contributed by atoms with van der Waals surface area (Å²) >= 11 is 0. The SMILES string of the molecule is CCN(CC)c1ccc2c(c1)C(C)(C)c1cc(/C=C/c3cc[n+](CCC[N+](CC)(CC)CC)cc3)ccc1-2. The fraction of sp³-hybridized carbons (Fsp3) is 0.457. The lowest BCUT2D eigenvalue weighted by molar-refractivity contribution is -0.925. The van der Waals surface area contributed by atoms with Crippen LogP contribution in [-0.4, -0.2) is 43.8 Å². The highest BCUT2D eigenvalue weighted by molar-refractivity contribution is 5.84. The number of anilines is 1. The first-order valence-corrected chi connectivity index (χ1v) is 14.9. The Bertz CT molecular complexity index is 1240. The molecule has 0 saturated heterocycles. The molecule has 0 amide bonds. The molecule has 0 bridgehead atoms. The van der Waals surface area contributed by atoms with E-state index in [1.165, 1.54) is 76.2 Å². The van der Waals surface area contributed by atoms with Crippen LogP contribution in [0.2, 0.25) is 0 Å². The summed E-state index contributed by atoms with van der Waals surface area (Å²) in [6, 6.07) is 18.5. The maximum atomic E-state index is 2.44. The molecule has 0 aliphatic heterocycles. The lowest BCUT2D eigenvalue weighted by Gasteiger charge is -2.35. The van der Waals surface area contributed by atoms with Gasteiger partial charge < -0.3 is 9.38 Å². The van der Waals surface area contributed by atoms with Crippen LogP contribution in [0.25, 0.3) is 23.3 Å². The summed E-state index contributed by atoms with van der Waals surface area (Å²) in [4.78, 5) is 2.44. The molecular weight excluding hydrogens is 462 g/mol. The highest BCUT2D eigenvalue weighted by Gasteiger charge is 2.35. The van der Waals surface area contributed by atoms with E-state index in [0.29, 0.717) is 0 Å². The number of pyridine rings is 1. The van der Waals surface area contributed by atoms with Gasteiger partial charge in [-0.15, -0.1) is 0 Å². The van der Waals surface area contributed by atoms with Crippen LogP contribution in [-0.2, 0) is 12.0 Å². The van der Waals surface area contributed by atoms with Crippen LogP contribution >= 0.6 is 0 Å². The van der Waals surface area contributed by atoms with Gasteiger partial charge in [0.05, 0.1) is 32.6 Å². The quantitative estimate of drug-likeness (QED) is 0.180. The van der Waals surface area contributed by atoms with Crippen molar-refractivity contribution in [3.63, 3.8) is 0 Å². The molecule has 0 radical (unpaired) electrons. The summed E-state index contributed by atoms with van der Waals surface area (Å²) < 4.78 is 3.55. The van der Waals surface area contributed by atoms with Gasteiger partial charge in [-0.2, -0.15) is 0 Å². The van der Waals surface area contributed by atoms with E-state index < -0.39 is 0 Å². The van der Waals surface area contributed by atoms with Gasteiger partial charge in [-0.25, -0.2) is 4.57 Å². The van der Waals surface area contributed by atoms with Crippen molar-refractivity contribution < 1.29 is 9.05 Å². The van der Waals surface area contributed by atoms with Crippen LogP contribution in [0.3, 0.4) is 0 Å². The van der Waals surface area contributed by atoms with E-state index in [9.17, 15) is 0 Å². The van der Waals surface area contributed by atoms with Gasteiger partial charge in [-0.05, 0) is 80.1 Å². The van der Waals surface area contributed by atoms with E-state index in [2.05, 4.69) is 131 Å². The van der Waals surface area contributed by atoms with Crippen molar-refractivity contribution in [2.24, 2.45) is 0 Å². The number of hydrogen-bond donors (Lipinski definition) is 0. The molecule has 0 unspecified atom stereocenters. The Kier molecular flexibility index (Phi) is 8.78. The second kappa shape index (κ2) is 11.9. The number of fused-ring (bicyclic) bond motifs is 3. The maximum Gasteiger partial charge on any atom is 0.169 e. The average Bonchev–Trinajstić information content (AvgIpc) is 3.17. The van der Waals surface area contributed by atoms with Gasteiger partial charge in [-0.1, -0.05) is 50.3 Å². The summed E-state index contributed by atoms with van der Waals surface area (Å²) in [6.07, 6.45) is 10.2. The number of nitrogens with zero attached hydrogens (tertiary/aromatic N) is 3. The van der Waals surface area contributed by atoms with Gasteiger partial charge in [0.25, 0.3) is 0 Å². The Hall–Kier alpha value is -2.91. The Morgan fingerprint density at radius 2 is 1.32 bits per heavy atom. The van der Waals surface area contributed by atoms with Crippen molar-refractivity contribution in [2.45, 2.75) is 66.8 Å². The molecule has 0 N–H and O–H groups in total. The lowest BCUT2D eigenvalue weighted by Crippen LogP contribution is -2.49. The van der Waals surface area contributed by atoms with Crippen LogP contribution in [0, 0.1) is 0 Å². The number of rotatable bonds is 12. The molecule has 202 valence electrons. The molecule has 3 aromatic rings. The fourth-order valence-electron chi connectivity index (χ4n) is 6.29. The van der Waals surface area contributed by atoms with Crippen molar-refractivity contribution in [2.75, 3.05) is 44.2 Å². The molecule has 3 nitrogen and oxygen atoms in total. The Labute approximate surface area is 232 Å². The average molecular weight is 512 g/mol. The highest BCUT2D eigenvalue weighted by atomic mass is 15.3. The van der Waals surface area contributed by atoms with Crippen molar-refractivity contribution in [1.82, 2.24) is 0 Å². The lowest BCUT2D eigenvalue weighted by atomic mass is 9.81. The number of benzene rings is 2. The fourth-order valence-corrected chi connectivity index (χ4v) is 6.29. The van der Waals surface area contributed by atoms with E-state index in [-0.39, 0.29) is 5.41 Å².